The van der Waals surface area contributed by atoms with E-state index in [4.69, 9.17) is 11.6 Å². The molecule has 0 unspecified atom stereocenters. The average molecular weight is 305 g/mol. The molecule has 0 radical (unpaired) electrons. The Morgan fingerprint density at radius 1 is 1.37 bits per heavy atom. The molecule has 1 atom stereocenters. The highest BCUT2D eigenvalue weighted by Gasteiger charge is 2.23. The van der Waals surface area contributed by atoms with E-state index in [0.717, 1.165) is 0 Å². The maximum absolute atomic E-state index is 12.1. The summed E-state index contributed by atoms with van der Waals surface area (Å²) in [5.74, 6) is -1.44. The summed E-state index contributed by atoms with van der Waals surface area (Å²) in [5.41, 5.74) is 0. The highest BCUT2D eigenvalue weighted by Crippen LogP contribution is 2.21. The zero-order chi connectivity index (χ0) is 14.6. The van der Waals surface area contributed by atoms with Gasteiger partial charge in [0, 0.05) is 0 Å². The van der Waals surface area contributed by atoms with Gasteiger partial charge < -0.3 is 9.90 Å². The summed E-state index contributed by atoms with van der Waals surface area (Å²) in [4.78, 5) is 10.8. The number of carboxylic acids is 1. The van der Waals surface area contributed by atoms with E-state index >= 15 is 0 Å². The molecule has 0 spiro atoms. The molecule has 0 saturated carbocycles. The molecule has 7 heteroatoms. The fourth-order valence-corrected chi connectivity index (χ4v) is 3.29. The van der Waals surface area contributed by atoms with E-state index in [0.29, 0.717) is 0 Å². The Kier molecular flexibility index (Phi) is 5.34. The lowest BCUT2D eigenvalue weighted by molar-refractivity contribution is -0.308. The van der Waals surface area contributed by atoms with Gasteiger partial charge in [-0.1, -0.05) is 37.6 Å². The van der Waals surface area contributed by atoms with Gasteiger partial charge in [0.05, 0.1) is 17.0 Å². The number of carboxylic acid groups (broad SMARTS) is 1. The number of halogens is 1. The predicted octanol–water partition coefficient (Wildman–Crippen LogP) is 0.783. The van der Waals surface area contributed by atoms with Crippen LogP contribution in [0.3, 0.4) is 0 Å². The molecule has 0 amide bonds. The molecule has 1 rings (SSSR count). The number of rotatable bonds is 6. The van der Waals surface area contributed by atoms with Crippen molar-refractivity contribution in [2.45, 2.75) is 31.2 Å². The van der Waals surface area contributed by atoms with Crippen LogP contribution in [0.2, 0.25) is 5.02 Å². The van der Waals surface area contributed by atoms with E-state index < -0.39 is 22.0 Å². The third-order valence-electron chi connectivity index (χ3n) is 2.42. The highest BCUT2D eigenvalue weighted by atomic mass is 35.5. The maximum Gasteiger partial charge on any atom is 0.242 e. The van der Waals surface area contributed by atoms with Crippen LogP contribution in [0.25, 0.3) is 0 Å². The second-order valence-corrected chi connectivity index (χ2v) is 6.64. The van der Waals surface area contributed by atoms with Crippen LogP contribution in [0.4, 0.5) is 0 Å². The molecule has 0 aromatic heterocycles. The molecule has 0 aliphatic rings. The van der Waals surface area contributed by atoms with Gasteiger partial charge in [-0.05, 0) is 24.5 Å². The predicted molar refractivity (Wildman–Crippen MR) is 70.0 cm³/mol. The van der Waals surface area contributed by atoms with Gasteiger partial charge in [-0.3, -0.25) is 0 Å². The van der Waals surface area contributed by atoms with Crippen LogP contribution in [0.15, 0.2) is 29.2 Å². The van der Waals surface area contributed by atoms with Crippen molar-refractivity contribution in [3.05, 3.63) is 29.3 Å². The largest absolute Gasteiger partial charge is 0.548 e. The Balaban J connectivity index is 3.01. The number of carbonyl (C=O) groups excluding carboxylic acids is 1. The summed E-state index contributed by atoms with van der Waals surface area (Å²) < 4.78 is 26.2. The minimum absolute atomic E-state index is 0.0110. The monoisotopic (exact) mass is 304 g/mol. The van der Waals surface area contributed by atoms with Crippen molar-refractivity contribution in [1.29, 1.82) is 0 Å². The smallest absolute Gasteiger partial charge is 0.242 e. The number of carbonyl (C=O) groups is 1. The summed E-state index contributed by atoms with van der Waals surface area (Å²) in [6.07, 6.45) is 0.145. The summed E-state index contributed by atoms with van der Waals surface area (Å²) in [5, 5.41) is 11.0. The first-order chi connectivity index (χ1) is 8.74. The minimum atomic E-state index is -3.98. The number of hydrogen-bond donors (Lipinski definition) is 1. The van der Waals surface area contributed by atoms with Crippen LogP contribution >= 0.6 is 11.6 Å². The fraction of sp³-hybridized carbons (Fsp3) is 0.417. The molecule has 1 aromatic rings. The number of aliphatic carboxylic acids is 1. The van der Waals surface area contributed by atoms with Gasteiger partial charge in [-0.15, -0.1) is 0 Å². The highest BCUT2D eigenvalue weighted by molar-refractivity contribution is 7.89. The van der Waals surface area contributed by atoms with Gasteiger partial charge in [-0.2, -0.15) is 0 Å². The molecule has 0 bridgehead atoms. The number of benzene rings is 1. The molecule has 5 nitrogen and oxygen atoms in total. The van der Waals surface area contributed by atoms with Gasteiger partial charge >= 0.3 is 0 Å². The van der Waals surface area contributed by atoms with Crippen LogP contribution in [0, 0.1) is 5.92 Å². The third-order valence-corrected chi connectivity index (χ3v) is 4.39. The number of sulfonamides is 1. The van der Waals surface area contributed by atoms with E-state index in [-0.39, 0.29) is 22.3 Å². The number of nitrogens with one attached hydrogen (secondary N) is 1. The summed E-state index contributed by atoms with van der Waals surface area (Å²) in [6.45, 7) is 3.58. The molecular formula is C12H15ClNO4S-. The molecule has 0 fully saturated rings. The summed E-state index contributed by atoms with van der Waals surface area (Å²) in [7, 11) is -3.98. The first-order valence-electron chi connectivity index (χ1n) is 5.71. The lowest BCUT2D eigenvalue weighted by Gasteiger charge is -2.21. The first kappa shape index (κ1) is 15.9. The van der Waals surface area contributed by atoms with Crippen LogP contribution < -0.4 is 9.83 Å². The normalized spacial score (nSPS) is 13.5. The van der Waals surface area contributed by atoms with E-state index in [1.807, 2.05) is 0 Å². The van der Waals surface area contributed by atoms with E-state index in [2.05, 4.69) is 4.72 Å². The fourth-order valence-electron chi connectivity index (χ4n) is 1.58. The molecular weight excluding hydrogens is 290 g/mol. The molecule has 0 heterocycles. The first-order valence-corrected chi connectivity index (χ1v) is 7.58. The van der Waals surface area contributed by atoms with Crippen LogP contribution in [0.1, 0.15) is 20.3 Å². The van der Waals surface area contributed by atoms with Gasteiger partial charge in [-0.25, -0.2) is 13.1 Å². The topological polar surface area (TPSA) is 86.3 Å². The Bertz CT molecular complexity index is 557. The molecule has 1 aromatic carbocycles. The Morgan fingerprint density at radius 2 is 1.95 bits per heavy atom. The third kappa shape index (κ3) is 4.49. The Hall–Kier alpha value is -1.11. The maximum atomic E-state index is 12.1. The summed E-state index contributed by atoms with van der Waals surface area (Å²) in [6, 6.07) is 4.56. The van der Waals surface area contributed by atoms with Crippen LogP contribution in [-0.2, 0) is 14.8 Å². The number of hydrogen-bond acceptors (Lipinski definition) is 4. The van der Waals surface area contributed by atoms with Crippen molar-refractivity contribution in [3.8, 4) is 0 Å². The zero-order valence-corrected chi connectivity index (χ0v) is 12.2. The van der Waals surface area contributed by atoms with Crippen molar-refractivity contribution in [1.82, 2.24) is 4.72 Å². The standard InChI is InChI=1S/C12H16ClNO4S/c1-8(2)7-10(12(15)16)14-19(17,18)11-6-4-3-5-9(11)13/h3-6,8,10,14H,7H2,1-2H3,(H,15,16)/p-1/t10-/m1/s1. The quantitative estimate of drug-likeness (QED) is 0.841. The minimum Gasteiger partial charge on any atom is -0.548 e. The summed E-state index contributed by atoms with van der Waals surface area (Å²) >= 11 is 5.80. The van der Waals surface area contributed by atoms with Crippen molar-refractivity contribution >= 4 is 27.6 Å². The SMILES string of the molecule is CC(C)C[C@@H](NS(=O)(=O)c1ccccc1Cl)C(=O)[O-]. The molecule has 106 valence electrons. The lowest BCUT2D eigenvalue weighted by Crippen LogP contribution is -2.48. The van der Waals surface area contributed by atoms with E-state index in [9.17, 15) is 18.3 Å². The van der Waals surface area contributed by atoms with Gasteiger partial charge in [0.25, 0.3) is 0 Å². The van der Waals surface area contributed by atoms with Crippen molar-refractivity contribution < 1.29 is 18.3 Å². The van der Waals surface area contributed by atoms with Gasteiger partial charge in [0.2, 0.25) is 10.0 Å². The van der Waals surface area contributed by atoms with Crippen molar-refractivity contribution in [3.63, 3.8) is 0 Å². The molecule has 1 N–H and O–H groups in total. The molecule has 0 saturated heterocycles. The average Bonchev–Trinajstić information content (AvgIpc) is 2.27. The molecule has 0 aliphatic heterocycles. The molecule has 19 heavy (non-hydrogen) atoms. The van der Waals surface area contributed by atoms with Gasteiger partial charge in [0.1, 0.15) is 4.90 Å². The van der Waals surface area contributed by atoms with Crippen molar-refractivity contribution in [2.24, 2.45) is 5.92 Å². The lowest BCUT2D eigenvalue weighted by atomic mass is 10.1. The molecule has 0 aliphatic carbocycles. The van der Waals surface area contributed by atoms with Crippen molar-refractivity contribution in [2.75, 3.05) is 0 Å². The van der Waals surface area contributed by atoms with Gasteiger partial charge in [0.15, 0.2) is 0 Å². The Morgan fingerprint density at radius 3 is 2.42 bits per heavy atom. The second-order valence-electron chi connectivity index (χ2n) is 4.55. The zero-order valence-electron chi connectivity index (χ0n) is 10.6. The van der Waals surface area contributed by atoms with Crippen LogP contribution in [0.5, 0.6) is 0 Å². The van der Waals surface area contributed by atoms with Crippen LogP contribution in [-0.4, -0.2) is 20.4 Å². The van der Waals surface area contributed by atoms with E-state index in [1.165, 1.54) is 18.2 Å². The second kappa shape index (κ2) is 6.36. The Labute approximate surface area is 117 Å². The van der Waals surface area contributed by atoms with E-state index in [1.54, 1.807) is 19.9 Å².